The van der Waals surface area contributed by atoms with Gasteiger partial charge in [0.05, 0.1) is 5.69 Å². The number of aromatic hydroxyl groups is 1. The lowest BCUT2D eigenvalue weighted by atomic mass is 10.1. The summed E-state index contributed by atoms with van der Waals surface area (Å²) in [6, 6.07) is 13.8. The molecule has 1 amide bonds. The zero-order chi connectivity index (χ0) is 19.7. The molecule has 0 spiro atoms. The molecule has 0 aliphatic carbocycles. The van der Waals surface area contributed by atoms with Gasteiger partial charge in [0, 0.05) is 49.3 Å². The van der Waals surface area contributed by atoms with Crippen LogP contribution in [0.5, 0.6) is 11.5 Å². The molecule has 28 heavy (non-hydrogen) atoms. The van der Waals surface area contributed by atoms with E-state index in [0.29, 0.717) is 24.3 Å². The molecule has 1 aromatic heterocycles. The highest BCUT2D eigenvalue weighted by Crippen LogP contribution is 2.24. The number of ether oxygens (including phenoxy) is 1. The number of aromatic nitrogens is 1. The number of nitrogens with zero attached hydrogens (tertiary/aromatic N) is 1. The van der Waals surface area contributed by atoms with Crippen LogP contribution in [0.3, 0.4) is 0 Å². The number of carbonyl (C=O) groups is 2. The van der Waals surface area contributed by atoms with Gasteiger partial charge in [-0.05, 0) is 48.5 Å². The molecule has 0 unspecified atom stereocenters. The molecule has 0 bridgehead atoms. The number of carbonyl (C=O) groups excluding carboxylic acids is 2. The predicted octanol–water partition coefficient (Wildman–Crippen LogP) is 3.49. The van der Waals surface area contributed by atoms with Crippen molar-refractivity contribution in [1.82, 2.24) is 9.88 Å². The third-order valence-electron chi connectivity index (χ3n) is 5.16. The van der Waals surface area contributed by atoms with E-state index < -0.39 is 0 Å². The van der Waals surface area contributed by atoms with E-state index in [9.17, 15) is 14.7 Å². The number of hydrogen-bond acceptors (Lipinski definition) is 4. The van der Waals surface area contributed by atoms with Crippen molar-refractivity contribution >= 4 is 22.6 Å². The van der Waals surface area contributed by atoms with Gasteiger partial charge in [-0.2, -0.15) is 0 Å². The average Bonchev–Trinajstić information content (AvgIpc) is 3.11. The SMILES string of the molecule is CC(=O)N1CCC(Oc2ccc(C(=O)c3cc4cc(O)ccc4[nH]3)cc2)CC1. The molecule has 144 valence electrons. The molecule has 2 aromatic carbocycles. The van der Waals surface area contributed by atoms with E-state index in [4.69, 9.17) is 4.74 Å². The zero-order valence-electron chi connectivity index (χ0n) is 15.6. The van der Waals surface area contributed by atoms with E-state index in [-0.39, 0.29) is 23.5 Å². The third-order valence-corrected chi connectivity index (χ3v) is 5.16. The Hall–Kier alpha value is -3.28. The largest absolute Gasteiger partial charge is 0.508 e. The topological polar surface area (TPSA) is 82.6 Å². The molecule has 6 heteroatoms. The lowest BCUT2D eigenvalue weighted by Gasteiger charge is -2.31. The summed E-state index contributed by atoms with van der Waals surface area (Å²) in [5.74, 6) is 0.881. The molecule has 1 aliphatic rings. The second kappa shape index (κ2) is 7.38. The van der Waals surface area contributed by atoms with Crippen LogP contribution in [0.2, 0.25) is 0 Å². The highest BCUT2D eigenvalue weighted by molar-refractivity contribution is 6.10. The van der Waals surface area contributed by atoms with Gasteiger partial charge in [-0.15, -0.1) is 0 Å². The summed E-state index contributed by atoms with van der Waals surface area (Å²) in [6.45, 7) is 3.02. The molecule has 1 aliphatic heterocycles. The first-order chi connectivity index (χ1) is 13.5. The summed E-state index contributed by atoms with van der Waals surface area (Å²) in [5, 5.41) is 10.4. The summed E-state index contributed by atoms with van der Waals surface area (Å²) in [4.78, 5) is 29.0. The summed E-state index contributed by atoms with van der Waals surface area (Å²) in [6.07, 6.45) is 1.70. The lowest BCUT2D eigenvalue weighted by molar-refractivity contribution is -0.130. The van der Waals surface area contributed by atoms with Crippen molar-refractivity contribution in [3.8, 4) is 11.5 Å². The fourth-order valence-corrected chi connectivity index (χ4v) is 3.56. The van der Waals surface area contributed by atoms with Gasteiger partial charge in [0.2, 0.25) is 11.7 Å². The first kappa shape index (κ1) is 18.1. The van der Waals surface area contributed by atoms with Gasteiger partial charge in [-0.3, -0.25) is 9.59 Å². The maximum Gasteiger partial charge on any atom is 0.219 e. The van der Waals surface area contributed by atoms with E-state index in [2.05, 4.69) is 4.98 Å². The van der Waals surface area contributed by atoms with Crippen LogP contribution in [0.15, 0.2) is 48.5 Å². The number of rotatable bonds is 4. The number of phenolic OH excluding ortho intramolecular Hbond substituents is 1. The molecule has 2 N–H and O–H groups in total. The Morgan fingerprint density at radius 3 is 2.46 bits per heavy atom. The molecule has 4 rings (SSSR count). The number of nitrogens with one attached hydrogen (secondary N) is 1. The zero-order valence-corrected chi connectivity index (χ0v) is 15.6. The monoisotopic (exact) mass is 378 g/mol. The normalized spacial score (nSPS) is 15.0. The van der Waals surface area contributed by atoms with Crippen molar-refractivity contribution < 1.29 is 19.4 Å². The van der Waals surface area contributed by atoms with Gasteiger partial charge in [-0.1, -0.05) is 0 Å². The molecule has 1 fully saturated rings. The number of aromatic amines is 1. The fraction of sp³-hybridized carbons (Fsp3) is 0.273. The first-order valence-corrected chi connectivity index (χ1v) is 9.38. The Kier molecular flexibility index (Phi) is 4.77. The van der Waals surface area contributed by atoms with Crippen molar-refractivity contribution in [3.63, 3.8) is 0 Å². The molecule has 2 heterocycles. The molecule has 3 aromatic rings. The van der Waals surface area contributed by atoms with E-state index >= 15 is 0 Å². The minimum absolute atomic E-state index is 0.0820. The van der Waals surface area contributed by atoms with E-state index in [1.807, 2.05) is 4.90 Å². The number of likely N-dealkylation sites (tertiary alicyclic amines) is 1. The lowest BCUT2D eigenvalue weighted by Crippen LogP contribution is -2.40. The van der Waals surface area contributed by atoms with Crippen LogP contribution in [0, 0.1) is 0 Å². The molecule has 6 nitrogen and oxygen atoms in total. The predicted molar refractivity (Wildman–Crippen MR) is 106 cm³/mol. The van der Waals surface area contributed by atoms with Crippen molar-refractivity contribution in [2.45, 2.75) is 25.9 Å². The minimum atomic E-state index is -0.114. The molecule has 0 saturated carbocycles. The van der Waals surface area contributed by atoms with Crippen molar-refractivity contribution in [3.05, 3.63) is 59.8 Å². The number of fused-ring (bicyclic) bond motifs is 1. The van der Waals surface area contributed by atoms with Crippen LogP contribution in [0.1, 0.15) is 35.8 Å². The maximum absolute atomic E-state index is 12.7. The van der Waals surface area contributed by atoms with E-state index in [1.165, 1.54) is 0 Å². The standard InChI is InChI=1S/C22H22N2O4/c1-14(25)24-10-8-19(9-11-24)28-18-5-2-15(3-6-18)22(27)21-13-16-12-17(26)4-7-20(16)23-21/h2-7,12-13,19,23,26H,8-11H2,1H3. The summed E-state index contributed by atoms with van der Waals surface area (Å²) in [7, 11) is 0. The van der Waals surface area contributed by atoms with Crippen molar-refractivity contribution in [2.24, 2.45) is 0 Å². The highest BCUT2D eigenvalue weighted by Gasteiger charge is 2.22. The second-order valence-corrected chi connectivity index (χ2v) is 7.13. The number of hydrogen-bond donors (Lipinski definition) is 2. The molecule has 0 radical (unpaired) electrons. The average molecular weight is 378 g/mol. The molecular weight excluding hydrogens is 356 g/mol. The quantitative estimate of drug-likeness (QED) is 0.681. The van der Waals surface area contributed by atoms with E-state index in [0.717, 1.165) is 29.5 Å². The molecule has 1 saturated heterocycles. The molecular formula is C22H22N2O4. The van der Waals surface area contributed by atoms with Gasteiger partial charge in [0.15, 0.2) is 0 Å². The number of piperidine rings is 1. The smallest absolute Gasteiger partial charge is 0.219 e. The van der Waals surface area contributed by atoms with Crippen LogP contribution in [0.4, 0.5) is 0 Å². The number of benzene rings is 2. The first-order valence-electron chi connectivity index (χ1n) is 9.38. The Morgan fingerprint density at radius 2 is 1.79 bits per heavy atom. The van der Waals surface area contributed by atoms with Gasteiger partial charge < -0.3 is 19.7 Å². The van der Waals surface area contributed by atoms with Crippen LogP contribution in [0.25, 0.3) is 10.9 Å². The third kappa shape index (κ3) is 3.71. The summed E-state index contributed by atoms with van der Waals surface area (Å²) < 4.78 is 6.00. The Labute approximate surface area is 162 Å². The number of phenols is 1. The highest BCUT2D eigenvalue weighted by atomic mass is 16.5. The van der Waals surface area contributed by atoms with Crippen LogP contribution < -0.4 is 4.74 Å². The fourth-order valence-electron chi connectivity index (χ4n) is 3.56. The summed E-state index contributed by atoms with van der Waals surface area (Å²) in [5.41, 5.74) is 1.85. The van der Waals surface area contributed by atoms with Crippen molar-refractivity contribution in [2.75, 3.05) is 13.1 Å². The molecule has 0 atom stereocenters. The number of amides is 1. The van der Waals surface area contributed by atoms with Gasteiger partial charge in [0.1, 0.15) is 17.6 Å². The number of ketones is 1. The Bertz CT molecular complexity index is 1010. The van der Waals surface area contributed by atoms with Crippen LogP contribution >= 0.6 is 0 Å². The Balaban J connectivity index is 1.42. The maximum atomic E-state index is 12.7. The van der Waals surface area contributed by atoms with Crippen molar-refractivity contribution in [1.29, 1.82) is 0 Å². The minimum Gasteiger partial charge on any atom is -0.508 e. The number of H-pyrrole nitrogens is 1. The van der Waals surface area contributed by atoms with Crippen LogP contribution in [-0.2, 0) is 4.79 Å². The van der Waals surface area contributed by atoms with Gasteiger partial charge in [-0.25, -0.2) is 0 Å². The van der Waals surface area contributed by atoms with Gasteiger partial charge in [0.25, 0.3) is 0 Å². The summed E-state index contributed by atoms with van der Waals surface area (Å²) >= 11 is 0. The van der Waals surface area contributed by atoms with Crippen LogP contribution in [-0.4, -0.2) is 45.9 Å². The van der Waals surface area contributed by atoms with E-state index in [1.54, 1.807) is 55.5 Å². The van der Waals surface area contributed by atoms with Gasteiger partial charge >= 0.3 is 0 Å². The Morgan fingerprint density at radius 1 is 1.07 bits per heavy atom. The second-order valence-electron chi connectivity index (χ2n) is 7.13.